The van der Waals surface area contributed by atoms with E-state index in [0.29, 0.717) is 13.1 Å². The quantitative estimate of drug-likeness (QED) is 0.852. The maximum atomic E-state index is 12.3. The Hall–Kier alpha value is -2.49. The molecule has 2 aromatic carbocycles. The van der Waals surface area contributed by atoms with Crippen LogP contribution in [0.15, 0.2) is 42.5 Å². The van der Waals surface area contributed by atoms with Gasteiger partial charge in [0.15, 0.2) is 11.5 Å². The summed E-state index contributed by atoms with van der Waals surface area (Å²) in [6, 6.07) is 13.7. The van der Waals surface area contributed by atoms with Crippen LogP contribution < -0.4 is 9.47 Å². The molecule has 0 fully saturated rings. The van der Waals surface area contributed by atoms with Crippen molar-refractivity contribution in [2.24, 2.45) is 0 Å². The average Bonchev–Trinajstić information content (AvgIpc) is 2.89. The molecule has 22 heavy (non-hydrogen) atoms. The molecule has 1 aliphatic heterocycles. The number of benzene rings is 2. The minimum atomic E-state index is 0.121. The first-order valence-corrected chi connectivity index (χ1v) is 7.31. The van der Waals surface area contributed by atoms with E-state index in [0.717, 1.165) is 34.6 Å². The summed E-state index contributed by atoms with van der Waals surface area (Å²) in [5.41, 5.74) is 3.07. The van der Waals surface area contributed by atoms with E-state index in [1.165, 1.54) is 0 Å². The maximum absolute atomic E-state index is 12.3. The fraction of sp³-hybridized carbons (Fsp3) is 0.278. The average molecular weight is 297 g/mol. The highest BCUT2D eigenvalue weighted by molar-refractivity contribution is 5.98. The molecule has 4 nitrogen and oxygen atoms in total. The van der Waals surface area contributed by atoms with Gasteiger partial charge in [0, 0.05) is 18.7 Å². The van der Waals surface area contributed by atoms with E-state index in [9.17, 15) is 4.79 Å². The van der Waals surface area contributed by atoms with Crippen molar-refractivity contribution in [1.82, 2.24) is 4.90 Å². The fourth-order valence-electron chi connectivity index (χ4n) is 2.80. The molecular formula is C18H19NO3. The van der Waals surface area contributed by atoms with E-state index >= 15 is 0 Å². The Morgan fingerprint density at radius 2 is 1.82 bits per heavy atom. The van der Waals surface area contributed by atoms with Crippen LogP contribution in [-0.4, -0.2) is 31.6 Å². The largest absolute Gasteiger partial charge is 0.493 e. The summed E-state index contributed by atoms with van der Waals surface area (Å²) >= 11 is 0. The third kappa shape index (κ3) is 2.64. The predicted octanol–water partition coefficient (Wildman–Crippen LogP) is 2.90. The number of carbonyl (C=O) groups is 1. The van der Waals surface area contributed by atoms with Crippen molar-refractivity contribution in [2.75, 3.05) is 20.8 Å². The molecule has 2 aromatic rings. The van der Waals surface area contributed by atoms with E-state index in [2.05, 4.69) is 0 Å². The minimum absolute atomic E-state index is 0.121. The third-order valence-electron chi connectivity index (χ3n) is 4.01. The number of amides is 1. The maximum Gasteiger partial charge on any atom is 0.254 e. The zero-order valence-electron chi connectivity index (χ0n) is 12.8. The van der Waals surface area contributed by atoms with Gasteiger partial charge in [-0.25, -0.2) is 0 Å². The topological polar surface area (TPSA) is 38.8 Å². The molecule has 0 bridgehead atoms. The second-order valence-electron chi connectivity index (χ2n) is 5.32. The minimum Gasteiger partial charge on any atom is -0.493 e. The highest BCUT2D eigenvalue weighted by Crippen LogP contribution is 2.28. The van der Waals surface area contributed by atoms with Gasteiger partial charge in [0.05, 0.1) is 14.2 Å². The van der Waals surface area contributed by atoms with Crippen LogP contribution in [0.25, 0.3) is 0 Å². The van der Waals surface area contributed by atoms with Crippen LogP contribution in [0.3, 0.4) is 0 Å². The number of methoxy groups -OCH3 is 2. The van der Waals surface area contributed by atoms with Gasteiger partial charge in [-0.3, -0.25) is 4.79 Å². The SMILES string of the molecule is COc1ccc(CCN2Cc3ccccc3C2=O)cc1OC. The molecule has 0 atom stereocenters. The molecule has 1 heterocycles. The molecule has 0 aliphatic carbocycles. The zero-order chi connectivity index (χ0) is 15.5. The number of hydrogen-bond acceptors (Lipinski definition) is 3. The van der Waals surface area contributed by atoms with E-state index in [1.54, 1.807) is 14.2 Å². The van der Waals surface area contributed by atoms with Gasteiger partial charge in [-0.15, -0.1) is 0 Å². The zero-order valence-corrected chi connectivity index (χ0v) is 12.8. The molecule has 1 amide bonds. The summed E-state index contributed by atoms with van der Waals surface area (Å²) in [6.07, 6.45) is 0.792. The van der Waals surface area contributed by atoms with E-state index in [-0.39, 0.29) is 5.91 Å². The monoisotopic (exact) mass is 297 g/mol. The lowest BCUT2D eigenvalue weighted by atomic mass is 10.1. The lowest BCUT2D eigenvalue weighted by molar-refractivity contribution is 0.0780. The Morgan fingerprint density at radius 3 is 2.55 bits per heavy atom. The smallest absolute Gasteiger partial charge is 0.254 e. The van der Waals surface area contributed by atoms with Crippen molar-refractivity contribution in [3.05, 3.63) is 59.2 Å². The predicted molar refractivity (Wildman–Crippen MR) is 84.4 cm³/mol. The molecule has 0 spiro atoms. The number of carbonyl (C=O) groups excluding carboxylic acids is 1. The van der Waals surface area contributed by atoms with Gasteiger partial charge in [-0.05, 0) is 35.7 Å². The summed E-state index contributed by atoms with van der Waals surface area (Å²) in [6.45, 7) is 1.39. The normalized spacial score (nSPS) is 13.2. The summed E-state index contributed by atoms with van der Waals surface area (Å²) in [4.78, 5) is 14.2. The van der Waals surface area contributed by atoms with Crippen molar-refractivity contribution in [3.8, 4) is 11.5 Å². The molecule has 3 rings (SSSR count). The highest BCUT2D eigenvalue weighted by Gasteiger charge is 2.26. The second-order valence-corrected chi connectivity index (χ2v) is 5.32. The molecule has 1 aliphatic rings. The first kappa shape index (κ1) is 14.4. The van der Waals surface area contributed by atoms with Crippen molar-refractivity contribution >= 4 is 5.91 Å². The standard InChI is InChI=1S/C18H19NO3/c1-21-16-8-7-13(11-17(16)22-2)9-10-19-12-14-5-3-4-6-15(14)18(19)20/h3-8,11H,9-10,12H2,1-2H3. The van der Waals surface area contributed by atoms with Crippen LogP contribution in [0.4, 0.5) is 0 Å². The first-order valence-electron chi connectivity index (χ1n) is 7.31. The van der Waals surface area contributed by atoms with Crippen molar-refractivity contribution in [1.29, 1.82) is 0 Å². The van der Waals surface area contributed by atoms with Crippen LogP contribution >= 0.6 is 0 Å². The molecule has 0 saturated heterocycles. The number of ether oxygens (including phenoxy) is 2. The number of hydrogen-bond donors (Lipinski definition) is 0. The van der Waals surface area contributed by atoms with E-state index in [4.69, 9.17) is 9.47 Å². The Labute approximate surface area is 130 Å². The van der Waals surface area contributed by atoms with Crippen molar-refractivity contribution in [3.63, 3.8) is 0 Å². The molecule has 0 radical (unpaired) electrons. The Kier molecular flexibility index (Phi) is 4.00. The molecule has 0 N–H and O–H groups in total. The van der Waals surface area contributed by atoms with Gasteiger partial charge >= 0.3 is 0 Å². The molecule has 0 aromatic heterocycles. The van der Waals surface area contributed by atoms with Crippen molar-refractivity contribution in [2.45, 2.75) is 13.0 Å². The Balaban J connectivity index is 1.68. The highest BCUT2D eigenvalue weighted by atomic mass is 16.5. The molecule has 4 heteroatoms. The van der Waals surface area contributed by atoms with Crippen LogP contribution in [0, 0.1) is 0 Å². The summed E-state index contributed by atoms with van der Waals surface area (Å²) in [5.74, 6) is 1.56. The molecule has 114 valence electrons. The van der Waals surface area contributed by atoms with Crippen LogP contribution in [0.5, 0.6) is 11.5 Å². The van der Waals surface area contributed by atoms with Crippen molar-refractivity contribution < 1.29 is 14.3 Å². The molecular weight excluding hydrogens is 278 g/mol. The Morgan fingerprint density at radius 1 is 1.05 bits per heavy atom. The molecule has 0 saturated carbocycles. The lowest BCUT2D eigenvalue weighted by Crippen LogP contribution is -2.26. The van der Waals surface area contributed by atoms with E-state index < -0.39 is 0 Å². The summed E-state index contributed by atoms with van der Waals surface area (Å²) in [5, 5.41) is 0. The van der Waals surface area contributed by atoms with Gasteiger partial charge in [-0.1, -0.05) is 24.3 Å². The third-order valence-corrected chi connectivity index (χ3v) is 4.01. The number of fused-ring (bicyclic) bond motifs is 1. The lowest BCUT2D eigenvalue weighted by Gasteiger charge is -2.16. The Bertz CT molecular complexity index is 696. The summed E-state index contributed by atoms with van der Waals surface area (Å²) < 4.78 is 10.6. The van der Waals surface area contributed by atoms with Gasteiger partial charge in [0.25, 0.3) is 5.91 Å². The fourth-order valence-corrected chi connectivity index (χ4v) is 2.80. The number of rotatable bonds is 5. The van der Waals surface area contributed by atoms with Gasteiger partial charge in [0.2, 0.25) is 0 Å². The summed E-state index contributed by atoms with van der Waals surface area (Å²) in [7, 11) is 3.25. The van der Waals surface area contributed by atoms with Gasteiger partial charge < -0.3 is 14.4 Å². The molecule has 0 unspecified atom stereocenters. The van der Waals surface area contributed by atoms with Gasteiger partial charge in [0.1, 0.15) is 0 Å². The number of nitrogens with zero attached hydrogens (tertiary/aromatic N) is 1. The van der Waals surface area contributed by atoms with Crippen LogP contribution in [0.2, 0.25) is 0 Å². The van der Waals surface area contributed by atoms with Crippen LogP contribution in [-0.2, 0) is 13.0 Å². The van der Waals surface area contributed by atoms with Crippen LogP contribution in [0.1, 0.15) is 21.5 Å². The first-order chi connectivity index (χ1) is 10.7. The second kappa shape index (κ2) is 6.10. The van der Waals surface area contributed by atoms with E-state index in [1.807, 2.05) is 47.4 Å². The van der Waals surface area contributed by atoms with Gasteiger partial charge in [-0.2, -0.15) is 0 Å².